The molecular weight excluding hydrogens is 260 g/mol. The van der Waals surface area contributed by atoms with Gasteiger partial charge in [0.1, 0.15) is 5.82 Å². The van der Waals surface area contributed by atoms with Crippen LogP contribution in [-0.2, 0) is 6.18 Å². The van der Waals surface area contributed by atoms with Crippen molar-refractivity contribution in [3.05, 3.63) is 47.9 Å². The highest BCUT2D eigenvalue weighted by Gasteiger charge is 2.35. The van der Waals surface area contributed by atoms with Gasteiger partial charge < -0.3 is 0 Å². The van der Waals surface area contributed by atoms with Gasteiger partial charge in [-0.25, -0.2) is 14.4 Å². The molecule has 96 valence electrons. The number of benzene rings is 1. The molecule has 0 radical (unpaired) electrons. The summed E-state index contributed by atoms with van der Waals surface area (Å²) in [4.78, 5) is 7.84. The Morgan fingerprint density at radius 1 is 1.00 bits per heavy atom. The summed E-state index contributed by atoms with van der Waals surface area (Å²) in [6.07, 6.45) is -3.24. The van der Waals surface area contributed by atoms with Gasteiger partial charge in [0.2, 0.25) is 0 Å². The Hall–Kier alpha value is -2.24. The Morgan fingerprint density at radius 2 is 1.79 bits per heavy atom. The lowest BCUT2D eigenvalue weighted by atomic mass is 10.0. The third-order valence-electron chi connectivity index (χ3n) is 2.79. The minimum absolute atomic E-state index is 0.00562. The minimum atomic E-state index is -4.60. The molecule has 0 aliphatic carbocycles. The van der Waals surface area contributed by atoms with E-state index in [1.54, 1.807) is 0 Å². The van der Waals surface area contributed by atoms with Crippen LogP contribution < -0.4 is 0 Å². The van der Waals surface area contributed by atoms with Gasteiger partial charge in [0, 0.05) is 17.0 Å². The molecule has 0 N–H and O–H groups in total. The normalized spacial score (nSPS) is 12.2. The Morgan fingerprint density at radius 3 is 2.53 bits per heavy atom. The quantitative estimate of drug-likeness (QED) is 0.455. The lowest BCUT2D eigenvalue weighted by molar-refractivity contribution is -0.135. The van der Waals surface area contributed by atoms with Crippen molar-refractivity contribution in [1.29, 1.82) is 0 Å². The molecule has 6 heteroatoms. The molecule has 0 spiro atoms. The summed E-state index contributed by atoms with van der Waals surface area (Å²) >= 11 is 0. The number of fused-ring (bicyclic) bond motifs is 2. The number of aromatic nitrogens is 2. The van der Waals surface area contributed by atoms with Gasteiger partial charge in [-0.1, -0.05) is 0 Å². The highest BCUT2D eigenvalue weighted by atomic mass is 19.4. The molecule has 0 aliphatic heterocycles. The SMILES string of the molecule is Fc1ccc2nc3ncccc3c(C(F)(F)F)c2c1. The van der Waals surface area contributed by atoms with E-state index in [2.05, 4.69) is 9.97 Å². The van der Waals surface area contributed by atoms with Crippen LogP contribution in [0.15, 0.2) is 36.5 Å². The molecule has 0 amide bonds. The lowest BCUT2D eigenvalue weighted by Gasteiger charge is -2.13. The molecule has 0 atom stereocenters. The van der Waals surface area contributed by atoms with Crippen LogP contribution in [0.5, 0.6) is 0 Å². The van der Waals surface area contributed by atoms with Crippen molar-refractivity contribution in [2.24, 2.45) is 0 Å². The molecule has 2 nitrogen and oxygen atoms in total. The molecule has 3 rings (SSSR count). The van der Waals surface area contributed by atoms with Gasteiger partial charge in [-0.15, -0.1) is 0 Å². The fraction of sp³-hybridized carbons (Fsp3) is 0.0769. The second-order valence-corrected chi connectivity index (χ2v) is 4.02. The minimum Gasteiger partial charge on any atom is -0.237 e. The number of halogens is 4. The maximum absolute atomic E-state index is 13.2. The molecule has 1 aromatic carbocycles. The van der Waals surface area contributed by atoms with Crippen LogP contribution in [0.4, 0.5) is 17.6 Å². The van der Waals surface area contributed by atoms with Crippen LogP contribution in [-0.4, -0.2) is 9.97 Å². The van der Waals surface area contributed by atoms with E-state index in [1.165, 1.54) is 24.4 Å². The van der Waals surface area contributed by atoms with Gasteiger partial charge in [-0.05, 0) is 30.3 Å². The molecule has 0 unspecified atom stereocenters. The highest BCUT2D eigenvalue weighted by molar-refractivity contribution is 5.96. The summed E-state index contributed by atoms with van der Waals surface area (Å²) in [5.41, 5.74) is -0.839. The average molecular weight is 266 g/mol. The van der Waals surface area contributed by atoms with Crippen LogP contribution in [0.25, 0.3) is 21.9 Å². The van der Waals surface area contributed by atoms with Gasteiger partial charge in [0.25, 0.3) is 0 Å². The van der Waals surface area contributed by atoms with Crippen LogP contribution in [0, 0.1) is 5.82 Å². The average Bonchev–Trinajstić information content (AvgIpc) is 2.34. The zero-order valence-corrected chi connectivity index (χ0v) is 9.37. The molecule has 0 fully saturated rings. The number of nitrogens with zero attached hydrogens (tertiary/aromatic N) is 2. The summed E-state index contributed by atoms with van der Waals surface area (Å²) in [5, 5.41) is -0.388. The first-order valence-corrected chi connectivity index (χ1v) is 5.38. The van der Waals surface area contributed by atoms with Gasteiger partial charge in [0.05, 0.1) is 11.1 Å². The standard InChI is InChI=1S/C13H6F4N2/c14-7-3-4-10-9(6-7)11(13(15,16)17)8-2-1-5-18-12(8)19-10/h1-6H. The monoisotopic (exact) mass is 266 g/mol. The molecular formula is C13H6F4N2. The first-order chi connectivity index (χ1) is 8.97. The highest BCUT2D eigenvalue weighted by Crippen LogP contribution is 2.38. The van der Waals surface area contributed by atoms with E-state index in [1.807, 2.05) is 0 Å². The number of hydrogen-bond donors (Lipinski definition) is 0. The van der Waals surface area contributed by atoms with Crippen molar-refractivity contribution in [3.8, 4) is 0 Å². The van der Waals surface area contributed by atoms with Crippen molar-refractivity contribution in [2.75, 3.05) is 0 Å². The second-order valence-electron chi connectivity index (χ2n) is 4.02. The fourth-order valence-electron chi connectivity index (χ4n) is 2.05. The first-order valence-electron chi connectivity index (χ1n) is 5.38. The molecule has 2 heterocycles. The third-order valence-corrected chi connectivity index (χ3v) is 2.79. The molecule has 0 saturated heterocycles. The summed E-state index contributed by atoms with van der Waals surface area (Å²) in [6.45, 7) is 0. The van der Waals surface area contributed by atoms with E-state index >= 15 is 0 Å². The maximum Gasteiger partial charge on any atom is 0.417 e. The van der Waals surface area contributed by atoms with E-state index in [9.17, 15) is 17.6 Å². The van der Waals surface area contributed by atoms with Crippen LogP contribution >= 0.6 is 0 Å². The Bertz CT molecular complexity index is 781. The van der Waals surface area contributed by atoms with E-state index < -0.39 is 17.6 Å². The molecule has 3 aromatic rings. The second kappa shape index (κ2) is 3.88. The topological polar surface area (TPSA) is 25.8 Å². The van der Waals surface area contributed by atoms with Crippen molar-refractivity contribution < 1.29 is 17.6 Å². The van der Waals surface area contributed by atoms with Gasteiger partial charge in [-0.3, -0.25) is 0 Å². The fourth-order valence-corrected chi connectivity index (χ4v) is 2.05. The molecule has 0 saturated carbocycles. The van der Waals surface area contributed by atoms with E-state index in [0.29, 0.717) is 0 Å². The van der Waals surface area contributed by atoms with Crippen LogP contribution in [0.2, 0.25) is 0 Å². The van der Waals surface area contributed by atoms with Crippen molar-refractivity contribution in [1.82, 2.24) is 9.97 Å². The van der Waals surface area contributed by atoms with E-state index in [4.69, 9.17) is 0 Å². The largest absolute Gasteiger partial charge is 0.417 e. The Labute approximate surface area is 104 Å². The maximum atomic E-state index is 13.2. The van der Waals surface area contributed by atoms with Gasteiger partial charge >= 0.3 is 6.18 Å². The van der Waals surface area contributed by atoms with Crippen molar-refractivity contribution in [2.45, 2.75) is 6.18 Å². The lowest BCUT2D eigenvalue weighted by Crippen LogP contribution is -2.08. The van der Waals surface area contributed by atoms with Crippen molar-refractivity contribution >= 4 is 21.9 Å². The third kappa shape index (κ3) is 1.89. The number of hydrogen-bond acceptors (Lipinski definition) is 2. The summed E-state index contributed by atoms with van der Waals surface area (Å²) in [6, 6.07) is 5.81. The van der Waals surface area contributed by atoms with Crippen LogP contribution in [0.1, 0.15) is 5.56 Å². The number of pyridine rings is 2. The number of alkyl halides is 3. The summed E-state index contributed by atoms with van der Waals surface area (Å²) in [5.74, 6) is -0.733. The molecule has 0 bridgehead atoms. The predicted octanol–water partition coefficient (Wildman–Crippen LogP) is 3.94. The van der Waals surface area contributed by atoms with Crippen LogP contribution in [0.3, 0.4) is 0 Å². The molecule has 19 heavy (non-hydrogen) atoms. The first kappa shape index (κ1) is 11.8. The summed E-state index contributed by atoms with van der Waals surface area (Å²) < 4.78 is 52.8. The van der Waals surface area contributed by atoms with Gasteiger partial charge in [0.15, 0.2) is 5.65 Å². The molecule has 0 aliphatic rings. The van der Waals surface area contributed by atoms with E-state index in [0.717, 1.165) is 12.1 Å². The predicted molar refractivity (Wildman–Crippen MR) is 62.0 cm³/mol. The number of rotatable bonds is 0. The van der Waals surface area contributed by atoms with Crippen molar-refractivity contribution in [3.63, 3.8) is 0 Å². The zero-order chi connectivity index (χ0) is 13.6. The summed E-state index contributed by atoms with van der Waals surface area (Å²) in [7, 11) is 0. The van der Waals surface area contributed by atoms with Gasteiger partial charge in [-0.2, -0.15) is 13.2 Å². The Balaban J connectivity index is 2.58. The smallest absolute Gasteiger partial charge is 0.237 e. The zero-order valence-electron chi connectivity index (χ0n) is 9.37. The Kier molecular flexibility index (Phi) is 2.41. The van der Waals surface area contributed by atoms with E-state index in [-0.39, 0.29) is 21.9 Å². The molecule has 2 aromatic heterocycles.